The Balaban J connectivity index is 1.78. The van der Waals surface area contributed by atoms with Crippen LogP contribution in [-0.4, -0.2) is 23.4 Å². The van der Waals surface area contributed by atoms with Gasteiger partial charge >= 0.3 is 0 Å². The highest BCUT2D eigenvalue weighted by atomic mass is 16.2. The molecule has 1 amide bonds. The molecule has 1 aliphatic carbocycles. The van der Waals surface area contributed by atoms with Crippen molar-refractivity contribution in [2.24, 2.45) is 23.5 Å². The van der Waals surface area contributed by atoms with Crippen LogP contribution in [-0.2, 0) is 11.3 Å². The van der Waals surface area contributed by atoms with E-state index in [4.69, 9.17) is 5.73 Å². The highest BCUT2D eigenvalue weighted by molar-refractivity contribution is 5.79. The number of carbonyl (C=O) groups excluding carboxylic acids is 1. The van der Waals surface area contributed by atoms with Crippen LogP contribution in [0.1, 0.15) is 25.3 Å². The quantitative estimate of drug-likeness (QED) is 0.901. The molecule has 2 fully saturated rings. The molecule has 1 saturated heterocycles. The first-order chi connectivity index (χ1) is 9.20. The summed E-state index contributed by atoms with van der Waals surface area (Å²) in [5.41, 5.74) is 7.12. The van der Waals surface area contributed by atoms with Gasteiger partial charge in [-0.15, -0.1) is 0 Å². The lowest BCUT2D eigenvalue weighted by Gasteiger charge is -2.24. The maximum atomic E-state index is 12.2. The number of carbonyl (C=O) groups is 1. The average molecular weight is 258 g/mol. The molecule has 1 saturated carbocycles. The molecule has 2 N–H and O–H groups in total. The van der Waals surface area contributed by atoms with Gasteiger partial charge in [0.1, 0.15) is 0 Å². The Hall–Kier alpha value is -1.35. The molecular formula is C16H22N2O. The van der Waals surface area contributed by atoms with Crippen molar-refractivity contribution in [2.45, 2.75) is 32.4 Å². The Labute approximate surface area is 114 Å². The third-order valence-electron chi connectivity index (χ3n) is 4.99. The van der Waals surface area contributed by atoms with E-state index >= 15 is 0 Å². The third-order valence-corrected chi connectivity index (χ3v) is 4.99. The maximum absolute atomic E-state index is 12.2. The fraction of sp³-hybridized carbons (Fsp3) is 0.562. The Morgan fingerprint density at radius 1 is 1.32 bits per heavy atom. The Morgan fingerprint density at radius 2 is 2.05 bits per heavy atom. The summed E-state index contributed by atoms with van der Waals surface area (Å²) >= 11 is 0. The first-order valence-corrected chi connectivity index (χ1v) is 7.24. The summed E-state index contributed by atoms with van der Waals surface area (Å²) in [6.07, 6.45) is 1.81. The van der Waals surface area contributed by atoms with Crippen molar-refractivity contribution in [3.05, 3.63) is 35.9 Å². The van der Waals surface area contributed by atoms with Gasteiger partial charge in [0, 0.05) is 19.0 Å². The van der Waals surface area contributed by atoms with E-state index in [1.165, 1.54) is 5.56 Å². The van der Waals surface area contributed by atoms with E-state index in [-0.39, 0.29) is 0 Å². The normalized spacial score (nSPS) is 33.8. The molecule has 3 nitrogen and oxygen atoms in total. The summed E-state index contributed by atoms with van der Waals surface area (Å²) in [5, 5.41) is 0. The van der Waals surface area contributed by atoms with Crippen molar-refractivity contribution in [2.75, 3.05) is 6.54 Å². The molecule has 0 spiro atoms. The number of likely N-dealkylation sites (tertiary alicyclic amines) is 1. The minimum Gasteiger partial charge on any atom is -0.335 e. The largest absolute Gasteiger partial charge is 0.335 e. The van der Waals surface area contributed by atoms with E-state index in [9.17, 15) is 4.79 Å². The van der Waals surface area contributed by atoms with Gasteiger partial charge in [-0.3, -0.25) is 4.79 Å². The van der Waals surface area contributed by atoms with Gasteiger partial charge in [-0.1, -0.05) is 37.3 Å². The number of hydrogen-bond acceptors (Lipinski definition) is 2. The van der Waals surface area contributed by atoms with Crippen LogP contribution in [0.4, 0.5) is 0 Å². The van der Waals surface area contributed by atoms with Gasteiger partial charge in [-0.05, 0) is 36.3 Å². The van der Waals surface area contributed by atoms with Crippen LogP contribution in [0.2, 0.25) is 0 Å². The second-order valence-electron chi connectivity index (χ2n) is 6.06. The van der Waals surface area contributed by atoms with Crippen LogP contribution in [0.5, 0.6) is 0 Å². The van der Waals surface area contributed by atoms with Crippen LogP contribution >= 0.6 is 0 Å². The van der Waals surface area contributed by atoms with E-state index in [1.807, 2.05) is 18.2 Å². The van der Waals surface area contributed by atoms with E-state index < -0.39 is 0 Å². The summed E-state index contributed by atoms with van der Waals surface area (Å²) in [6, 6.07) is 10.7. The van der Waals surface area contributed by atoms with Crippen molar-refractivity contribution in [3.63, 3.8) is 0 Å². The van der Waals surface area contributed by atoms with Crippen LogP contribution in [0.3, 0.4) is 0 Å². The third kappa shape index (κ3) is 2.16. The highest BCUT2D eigenvalue weighted by Crippen LogP contribution is 2.45. The molecule has 0 unspecified atom stereocenters. The molecule has 1 aromatic carbocycles. The molecule has 102 valence electrons. The van der Waals surface area contributed by atoms with Crippen molar-refractivity contribution < 1.29 is 4.79 Å². The average Bonchev–Trinajstić information content (AvgIpc) is 2.87. The number of nitrogens with zero attached hydrogens (tertiary/aromatic N) is 1. The fourth-order valence-electron chi connectivity index (χ4n) is 3.98. The second-order valence-corrected chi connectivity index (χ2v) is 6.06. The summed E-state index contributed by atoms with van der Waals surface area (Å²) in [6.45, 7) is 3.75. The minimum absolute atomic E-state index is 0.309. The van der Waals surface area contributed by atoms with Gasteiger partial charge in [0.25, 0.3) is 0 Å². The summed E-state index contributed by atoms with van der Waals surface area (Å²) < 4.78 is 0. The molecule has 0 bridgehead atoms. The Kier molecular flexibility index (Phi) is 3.31. The summed E-state index contributed by atoms with van der Waals surface area (Å²) in [4.78, 5) is 14.3. The van der Waals surface area contributed by atoms with E-state index in [0.29, 0.717) is 36.1 Å². The van der Waals surface area contributed by atoms with Crippen LogP contribution in [0, 0.1) is 17.8 Å². The molecular weight excluding hydrogens is 236 g/mol. The molecule has 4 atom stereocenters. The molecule has 1 aromatic rings. The van der Waals surface area contributed by atoms with Crippen molar-refractivity contribution >= 4 is 5.91 Å². The van der Waals surface area contributed by atoms with E-state index in [1.54, 1.807) is 0 Å². The zero-order chi connectivity index (χ0) is 13.4. The number of hydrogen-bond donors (Lipinski definition) is 1. The molecule has 3 heteroatoms. The molecule has 2 aliphatic rings. The lowest BCUT2D eigenvalue weighted by atomic mass is 9.89. The lowest BCUT2D eigenvalue weighted by molar-refractivity contribution is -0.129. The van der Waals surface area contributed by atoms with Gasteiger partial charge in [0.05, 0.1) is 0 Å². The number of rotatable bonds is 3. The van der Waals surface area contributed by atoms with Crippen molar-refractivity contribution in [1.29, 1.82) is 0 Å². The van der Waals surface area contributed by atoms with Crippen LogP contribution in [0.15, 0.2) is 30.3 Å². The highest BCUT2D eigenvalue weighted by Gasteiger charge is 2.49. The van der Waals surface area contributed by atoms with Gasteiger partial charge < -0.3 is 10.6 Å². The lowest BCUT2D eigenvalue weighted by Crippen LogP contribution is -2.33. The number of nitrogens with two attached hydrogens (primary N) is 1. The predicted octanol–water partition coefficient (Wildman–Crippen LogP) is 2.02. The van der Waals surface area contributed by atoms with Crippen LogP contribution in [0.25, 0.3) is 0 Å². The first kappa shape index (κ1) is 12.7. The van der Waals surface area contributed by atoms with Gasteiger partial charge in [0.2, 0.25) is 5.91 Å². The Morgan fingerprint density at radius 3 is 2.74 bits per heavy atom. The number of fused-ring (bicyclic) bond motifs is 1. The van der Waals surface area contributed by atoms with Gasteiger partial charge in [-0.2, -0.15) is 0 Å². The molecule has 3 rings (SSSR count). The monoisotopic (exact) mass is 258 g/mol. The van der Waals surface area contributed by atoms with E-state index in [0.717, 1.165) is 19.5 Å². The predicted molar refractivity (Wildman–Crippen MR) is 75.2 cm³/mol. The van der Waals surface area contributed by atoms with Crippen molar-refractivity contribution in [1.82, 2.24) is 4.90 Å². The fourth-order valence-corrected chi connectivity index (χ4v) is 3.98. The molecule has 0 aromatic heterocycles. The molecule has 1 heterocycles. The Bertz CT molecular complexity index is 459. The zero-order valence-electron chi connectivity index (χ0n) is 11.5. The maximum Gasteiger partial charge on any atom is 0.223 e. The van der Waals surface area contributed by atoms with Crippen LogP contribution < -0.4 is 5.73 Å². The SMILES string of the molecule is C[C@H]1C[C@@H]2[C@@H](CC(=O)N2Cc2ccccc2)[C@@H]1CN. The summed E-state index contributed by atoms with van der Waals surface area (Å²) in [7, 11) is 0. The molecule has 1 aliphatic heterocycles. The standard InChI is InChI=1S/C16H22N2O/c1-11-7-15-13(14(11)9-17)8-16(19)18(15)10-12-5-3-2-4-6-12/h2-6,11,13-15H,7-10,17H2,1H3/t11-,13-,14+,15+/m0/s1. The summed E-state index contributed by atoms with van der Waals surface area (Å²) in [5.74, 6) is 1.96. The smallest absolute Gasteiger partial charge is 0.223 e. The zero-order valence-corrected chi connectivity index (χ0v) is 11.5. The number of amides is 1. The topological polar surface area (TPSA) is 46.3 Å². The molecule has 0 radical (unpaired) electrons. The first-order valence-electron chi connectivity index (χ1n) is 7.24. The molecule has 19 heavy (non-hydrogen) atoms. The van der Waals surface area contributed by atoms with Crippen molar-refractivity contribution in [3.8, 4) is 0 Å². The second kappa shape index (κ2) is 4.97. The van der Waals surface area contributed by atoms with E-state index in [2.05, 4.69) is 24.0 Å². The van der Waals surface area contributed by atoms with Gasteiger partial charge in [-0.25, -0.2) is 0 Å². The van der Waals surface area contributed by atoms with Gasteiger partial charge in [0.15, 0.2) is 0 Å². The minimum atomic E-state index is 0.309. The number of benzene rings is 1.